The lowest BCUT2D eigenvalue weighted by Gasteiger charge is -2.26. The summed E-state index contributed by atoms with van der Waals surface area (Å²) < 4.78 is 0. The third kappa shape index (κ3) is 3.49. The van der Waals surface area contributed by atoms with E-state index in [1.54, 1.807) is 5.57 Å². The van der Waals surface area contributed by atoms with E-state index in [1.165, 1.54) is 32.1 Å². The molecule has 2 aliphatic carbocycles. The molecule has 0 nitrogen and oxygen atoms in total. The molecule has 2 rings (SSSR count). The summed E-state index contributed by atoms with van der Waals surface area (Å²) >= 11 is 0. The van der Waals surface area contributed by atoms with Crippen molar-refractivity contribution in [1.29, 1.82) is 0 Å². The van der Waals surface area contributed by atoms with Gasteiger partial charge in [-0.1, -0.05) is 73.0 Å². The summed E-state index contributed by atoms with van der Waals surface area (Å²) in [5, 5.41) is 0. The standard InChI is InChI=1S/C20H36/c1-8-10-15(13(3)9-2)11-16-18-17(19(16)18)14(4)12-20(5,6)7/h13,15-19H,4,8-12H2,1-3,5-7H3. The molecule has 0 N–H and O–H groups in total. The lowest BCUT2D eigenvalue weighted by Crippen LogP contribution is -2.16. The molecule has 0 heteroatoms. The van der Waals surface area contributed by atoms with Crippen molar-refractivity contribution in [2.75, 3.05) is 0 Å². The first kappa shape index (κ1) is 16.1. The van der Waals surface area contributed by atoms with Gasteiger partial charge in [0.25, 0.3) is 0 Å². The molecular weight excluding hydrogens is 240 g/mol. The number of hydrogen-bond acceptors (Lipinski definition) is 0. The third-order valence-electron chi connectivity index (χ3n) is 5.89. The second-order valence-electron chi connectivity index (χ2n) is 8.91. The maximum absolute atomic E-state index is 4.38. The SMILES string of the molecule is C=C(CC(C)(C)C)C1C2C(CC(CCC)C(C)CC)C12. The van der Waals surface area contributed by atoms with Crippen molar-refractivity contribution in [3.8, 4) is 0 Å². The molecule has 2 fully saturated rings. The molecule has 0 spiro atoms. The first-order valence-corrected chi connectivity index (χ1v) is 8.97. The molecule has 0 radical (unpaired) electrons. The van der Waals surface area contributed by atoms with Crippen LogP contribution in [0.1, 0.15) is 73.6 Å². The van der Waals surface area contributed by atoms with Crippen LogP contribution in [0.25, 0.3) is 0 Å². The molecule has 2 aliphatic rings. The van der Waals surface area contributed by atoms with Gasteiger partial charge in [-0.05, 0) is 53.8 Å². The zero-order valence-electron chi connectivity index (χ0n) is 14.7. The maximum atomic E-state index is 4.38. The van der Waals surface area contributed by atoms with Gasteiger partial charge in [0.05, 0.1) is 0 Å². The van der Waals surface area contributed by atoms with Crippen LogP contribution in [0, 0.1) is 40.9 Å². The second kappa shape index (κ2) is 5.85. The zero-order valence-corrected chi connectivity index (χ0v) is 14.7. The van der Waals surface area contributed by atoms with Crippen molar-refractivity contribution < 1.29 is 0 Å². The van der Waals surface area contributed by atoms with Crippen LogP contribution in [0.5, 0.6) is 0 Å². The summed E-state index contributed by atoms with van der Waals surface area (Å²) in [5.41, 5.74) is 1.97. The van der Waals surface area contributed by atoms with E-state index in [0.717, 1.165) is 35.5 Å². The quantitative estimate of drug-likeness (QED) is 0.455. The van der Waals surface area contributed by atoms with Gasteiger partial charge in [0.1, 0.15) is 0 Å². The molecule has 0 aromatic rings. The Labute approximate surface area is 127 Å². The lowest BCUT2D eigenvalue weighted by atomic mass is 9.79. The van der Waals surface area contributed by atoms with Gasteiger partial charge in [-0.2, -0.15) is 0 Å². The third-order valence-corrected chi connectivity index (χ3v) is 5.89. The molecule has 2 saturated carbocycles. The summed E-state index contributed by atoms with van der Waals surface area (Å²) in [6.07, 6.45) is 6.89. The Morgan fingerprint density at radius 1 is 1.15 bits per heavy atom. The van der Waals surface area contributed by atoms with Crippen molar-refractivity contribution in [2.45, 2.75) is 73.6 Å². The topological polar surface area (TPSA) is 0 Å². The van der Waals surface area contributed by atoms with Crippen LogP contribution in [0.4, 0.5) is 0 Å². The van der Waals surface area contributed by atoms with Crippen LogP contribution in [0.3, 0.4) is 0 Å². The van der Waals surface area contributed by atoms with E-state index in [9.17, 15) is 0 Å². The van der Waals surface area contributed by atoms with E-state index in [1.807, 2.05) is 0 Å². The average molecular weight is 277 g/mol. The monoisotopic (exact) mass is 276 g/mol. The van der Waals surface area contributed by atoms with Crippen molar-refractivity contribution >= 4 is 0 Å². The molecule has 20 heavy (non-hydrogen) atoms. The molecule has 4 atom stereocenters. The molecule has 4 unspecified atom stereocenters. The van der Waals surface area contributed by atoms with E-state index in [4.69, 9.17) is 0 Å². The highest BCUT2D eigenvalue weighted by molar-refractivity contribution is 5.30. The molecule has 0 heterocycles. The highest BCUT2D eigenvalue weighted by Crippen LogP contribution is 2.77. The molecule has 0 bridgehead atoms. The van der Waals surface area contributed by atoms with Gasteiger partial charge >= 0.3 is 0 Å². The fourth-order valence-corrected chi connectivity index (χ4v) is 4.52. The van der Waals surface area contributed by atoms with Gasteiger partial charge in [0.2, 0.25) is 0 Å². The zero-order chi connectivity index (χ0) is 15.1. The average Bonchev–Trinajstić information content (AvgIpc) is 3.20. The lowest BCUT2D eigenvalue weighted by molar-refractivity contribution is 0.263. The van der Waals surface area contributed by atoms with Crippen LogP contribution >= 0.6 is 0 Å². The fraction of sp³-hybridized carbons (Fsp3) is 0.900. The Morgan fingerprint density at radius 2 is 1.75 bits per heavy atom. The van der Waals surface area contributed by atoms with Gasteiger partial charge in [-0.3, -0.25) is 0 Å². The minimum absolute atomic E-state index is 0.420. The van der Waals surface area contributed by atoms with Crippen molar-refractivity contribution in [3.63, 3.8) is 0 Å². The highest BCUT2D eigenvalue weighted by atomic mass is 14.8. The van der Waals surface area contributed by atoms with Gasteiger partial charge in [-0.15, -0.1) is 0 Å². The van der Waals surface area contributed by atoms with E-state index in [2.05, 4.69) is 48.1 Å². The van der Waals surface area contributed by atoms with Crippen molar-refractivity contribution in [2.24, 2.45) is 40.9 Å². The first-order chi connectivity index (χ1) is 9.30. The minimum Gasteiger partial charge on any atom is -0.0995 e. The Kier molecular flexibility index (Phi) is 4.72. The molecule has 116 valence electrons. The smallest absolute Gasteiger partial charge is 0.0138 e. The molecule has 0 aliphatic heterocycles. The summed E-state index contributed by atoms with van der Waals surface area (Å²) in [7, 11) is 0. The van der Waals surface area contributed by atoms with Gasteiger partial charge in [0.15, 0.2) is 0 Å². The molecular formula is C20H36. The van der Waals surface area contributed by atoms with E-state index < -0.39 is 0 Å². The largest absolute Gasteiger partial charge is 0.0995 e. The Balaban J connectivity index is 1.75. The normalized spacial score (nSPS) is 34.3. The van der Waals surface area contributed by atoms with Crippen molar-refractivity contribution in [1.82, 2.24) is 0 Å². The number of fused-ring (bicyclic) bond motifs is 1. The van der Waals surface area contributed by atoms with Gasteiger partial charge in [0, 0.05) is 0 Å². The Bertz CT molecular complexity index is 336. The fourth-order valence-electron chi connectivity index (χ4n) is 4.52. The van der Waals surface area contributed by atoms with Gasteiger partial charge < -0.3 is 0 Å². The van der Waals surface area contributed by atoms with Crippen LogP contribution in [-0.4, -0.2) is 0 Å². The predicted octanol–water partition coefficient (Wildman–Crippen LogP) is 6.32. The van der Waals surface area contributed by atoms with E-state index in [-0.39, 0.29) is 0 Å². The summed E-state index contributed by atoms with van der Waals surface area (Å²) in [5.74, 6) is 5.99. The molecule has 0 aromatic carbocycles. The van der Waals surface area contributed by atoms with Crippen LogP contribution in [0.15, 0.2) is 12.2 Å². The maximum Gasteiger partial charge on any atom is -0.0138 e. The predicted molar refractivity (Wildman–Crippen MR) is 89.6 cm³/mol. The number of allylic oxidation sites excluding steroid dienone is 1. The van der Waals surface area contributed by atoms with Crippen LogP contribution in [-0.2, 0) is 0 Å². The van der Waals surface area contributed by atoms with E-state index >= 15 is 0 Å². The van der Waals surface area contributed by atoms with Gasteiger partial charge in [-0.25, -0.2) is 0 Å². The number of rotatable bonds is 8. The summed E-state index contributed by atoms with van der Waals surface area (Å²) in [6, 6.07) is 0. The second-order valence-corrected chi connectivity index (χ2v) is 8.91. The minimum atomic E-state index is 0.420. The Hall–Kier alpha value is -0.260. The molecule has 0 amide bonds. The summed E-state index contributed by atoms with van der Waals surface area (Å²) in [4.78, 5) is 0. The Morgan fingerprint density at radius 3 is 2.20 bits per heavy atom. The molecule has 0 aromatic heterocycles. The number of hydrogen-bond donors (Lipinski definition) is 0. The summed E-state index contributed by atoms with van der Waals surface area (Å²) in [6.45, 7) is 18.6. The highest BCUT2D eigenvalue weighted by Gasteiger charge is 2.73. The van der Waals surface area contributed by atoms with E-state index in [0.29, 0.717) is 5.41 Å². The van der Waals surface area contributed by atoms with Crippen molar-refractivity contribution in [3.05, 3.63) is 12.2 Å². The molecule has 0 saturated heterocycles. The van der Waals surface area contributed by atoms with Crippen LogP contribution < -0.4 is 0 Å². The van der Waals surface area contributed by atoms with Crippen LogP contribution in [0.2, 0.25) is 0 Å². The first-order valence-electron chi connectivity index (χ1n) is 8.97.